The maximum Gasteiger partial charge on any atom is 0.312 e. The summed E-state index contributed by atoms with van der Waals surface area (Å²) in [5.41, 5.74) is 7.94. The first kappa shape index (κ1) is 12.3. The first-order valence-electron chi connectivity index (χ1n) is 6.33. The third-order valence-electron chi connectivity index (χ3n) is 3.24. The quantitative estimate of drug-likeness (QED) is 0.764. The van der Waals surface area contributed by atoms with Gasteiger partial charge in [0, 0.05) is 10.9 Å². The Labute approximate surface area is 116 Å². The molecule has 4 nitrogen and oxygen atoms in total. The summed E-state index contributed by atoms with van der Waals surface area (Å²) in [6, 6.07) is 16.5. The molecule has 0 fully saturated rings. The third-order valence-corrected chi connectivity index (χ3v) is 3.24. The number of primary amides is 1. The summed E-state index contributed by atoms with van der Waals surface area (Å²) in [5.74, 6) is 0. The molecular formula is C16H14N2O2. The zero-order valence-corrected chi connectivity index (χ0v) is 10.7. The van der Waals surface area contributed by atoms with E-state index in [1.807, 2.05) is 54.6 Å². The van der Waals surface area contributed by atoms with E-state index < -0.39 is 6.03 Å². The van der Waals surface area contributed by atoms with Gasteiger partial charge in [0.25, 0.3) is 0 Å². The molecule has 0 saturated carbocycles. The first-order chi connectivity index (χ1) is 9.75. The molecule has 0 spiro atoms. The van der Waals surface area contributed by atoms with Gasteiger partial charge in [-0.3, -0.25) is 0 Å². The number of furan rings is 1. The van der Waals surface area contributed by atoms with Crippen LogP contribution < -0.4 is 11.1 Å². The fourth-order valence-corrected chi connectivity index (χ4v) is 2.35. The SMILES string of the molecule is NC(=O)NC(c1ccccc1)c1coc2ccccc12. The lowest BCUT2D eigenvalue weighted by Crippen LogP contribution is -2.33. The van der Waals surface area contributed by atoms with Crippen molar-refractivity contribution in [2.45, 2.75) is 6.04 Å². The van der Waals surface area contributed by atoms with Crippen molar-refractivity contribution in [3.63, 3.8) is 0 Å². The molecule has 100 valence electrons. The zero-order valence-electron chi connectivity index (χ0n) is 10.7. The number of rotatable bonds is 3. The van der Waals surface area contributed by atoms with Gasteiger partial charge in [-0.25, -0.2) is 4.79 Å². The molecule has 3 aromatic rings. The summed E-state index contributed by atoms with van der Waals surface area (Å²) in [7, 11) is 0. The third kappa shape index (κ3) is 2.23. The van der Waals surface area contributed by atoms with Crippen LogP contribution in [0.4, 0.5) is 4.79 Å². The van der Waals surface area contributed by atoms with E-state index in [1.54, 1.807) is 6.26 Å². The summed E-state index contributed by atoms with van der Waals surface area (Å²) < 4.78 is 5.54. The molecule has 2 aromatic carbocycles. The van der Waals surface area contributed by atoms with E-state index in [-0.39, 0.29) is 6.04 Å². The highest BCUT2D eigenvalue weighted by Crippen LogP contribution is 2.30. The van der Waals surface area contributed by atoms with E-state index in [9.17, 15) is 4.79 Å². The number of benzene rings is 2. The van der Waals surface area contributed by atoms with Gasteiger partial charge in [0.1, 0.15) is 5.58 Å². The van der Waals surface area contributed by atoms with E-state index in [1.165, 1.54) is 0 Å². The summed E-state index contributed by atoms with van der Waals surface area (Å²) in [6.07, 6.45) is 1.66. The molecule has 1 atom stereocenters. The van der Waals surface area contributed by atoms with Gasteiger partial charge in [-0.2, -0.15) is 0 Å². The Kier molecular flexibility index (Phi) is 3.13. The van der Waals surface area contributed by atoms with Gasteiger partial charge < -0.3 is 15.5 Å². The maximum atomic E-state index is 11.3. The Morgan fingerprint density at radius 2 is 1.75 bits per heavy atom. The molecule has 3 rings (SSSR count). The Balaban J connectivity index is 2.12. The predicted molar refractivity (Wildman–Crippen MR) is 77.2 cm³/mol. The number of fused-ring (bicyclic) bond motifs is 1. The minimum atomic E-state index is -0.566. The largest absolute Gasteiger partial charge is 0.464 e. The number of amides is 2. The van der Waals surface area contributed by atoms with Gasteiger partial charge in [-0.1, -0.05) is 48.5 Å². The number of nitrogens with two attached hydrogens (primary N) is 1. The molecule has 0 aliphatic carbocycles. The molecule has 1 heterocycles. The van der Waals surface area contributed by atoms with Gasteiger partial charge >= 0.3 is 6.03 Å². The molecule has 0 saturated heterocycles. The van der Waals surface area contributed by atoms with Gasteiger partial charge in [0.05, 0.1) is 12.3 Å². The number of urea groups is 1. The van der Waals surface area contributed by atoms with Crippen molar-refractivity contribution >= 4 is 17.0 Å². The number of hydrogen-bond acceptors (Lipinski definition) is 2. The fourth-order valence-electron chi connectivity index (χ4n) is 2.35. The van der Waals surface area contributed by atoms with Crippen LogP contribution >= 0.6 is 0 Å². The number of hydrogen-bond donors (Lipinski definition) is 2. The second kappa shape index (κ2) is 5.09. The van der Waals surface area contributed by atoms with Crippen molar-refractivity contribution in [2.24, 2.45) is 5.73 Å². The number of carbonyl (C=O) groups excluding carboxylic acids is 1. The van der Waals surface area contributed by atoms with Crippen LogP contribution in [0.15, 0.2) is 65.3 Å². The Morgan fingerprint density at radius 3 is 2.50 bits per heavy atom. The van der Waals surface area contributed by atoms with Crippen LogP contribution in [-0.4, -0.2) is 6.03 Å². The van der Waals surface area contributed by atoms with Crippen LogP contribution in [0, 0.1) is 0 Å². The van der Waals surface area contributed by atoms with Gasteiger partial charge in [0.15, 0.2) is 0 Å². The van der Waals surface area contributed by atoms with Crippen LogP contribution in [0.5, 0.6) is 0 Å². The molecule has 2 amide bonds. The van der Waals surface area contributed by atoms with Crippen LogP contribution in [0.2, 0.25) is 0 Å². The molecule has 3 N–H and O–H groups in total. The standard InChI is InChI=1S/C16H14N2O2/c17-16(19)18-15(11-6-2-1-3-7-11)13-10-20-14-9-5-4-8-12(13)14/h1-10,15H,(H3,17,18,19). The summed E-state index contributed by atoms with van der Waals surface area (Å²) in [4.78, 5) is 11.3. The molecule has 0 aliphatic heterocycles. The van der Waals surface area contributed by atoms with Crippen LogP contribution in [0.1, 0.15) is 17.2 Å². The summed E-state index contributed by atoms with van der Waals surface area (Å²) in [6.45, 7) is 0. The van der Waals surface area contributed by atoms with E-state index in [2.05, 4.69) is 5.32 Å². The van der Waals surface area contributed by atoms with E-state index in [0.717, 1.165) is 22.1 Å². The molecule has 0 aliphatic rings. The normalized spacial score (nSPS) is 12.2. The van der Waals surface area contributed by atoms with Crippen molar-refractivity contribution in [3.05, 3.63) is 72.0 Å². The number of nitrogens with one attached hydrogen (secondary N) is 1. The minimum Gasteiger partial charge on any atom is -0.464 e. The molecule has 0 bridgehead atoms. The topological polar surface area (TPSA) is 68.3 Å². The average Bonchev–Trinajstić information content (AvgIpc) is 2.89. The highest BCUT2D eigenvalue weighted by Gasteiger charge is 2.19. The van der Waals surface area contributed by atoms with Crippen molar-refractivity contribution in [2.75, 3.05) is 0 Å². The van der Waals surface area contributed by atoms with Crippen molar-refractivity contribution in [3.8, 4) is 0 Å². The molecule has 4 heteroatoms. The van der Waals surface area contributed by atoms with Crippen LogP contribution in [0.3, 0.4) is 0 Å². The Morgan fingerprint density at radius 1 is 1.05 bits per heavy atom. The maximum absolute atomic E-state index is 11.3. The van der Waals surface area contributed by atoms with Crippen LogP contribution in [-0.2, 0) is 0 Å². The minimum absolute atomic E-state index is 0.322. The lowest BCUT2D eigenvalue weighted by atomic mass is 9.98. The Hall–Kier alpha value is -2.75. The van der Waals surface area contributed by atoms with E-state index in [4.69, 9.17) is 10.2 Å². The monoisotopic (exact) mass is 266 g/mol. The Bertz CT molecular complexity index is 734. The number of para-hydroxylation sites is 1. The van der Waals surface area contributed by atoms with Gasteiger partial charge in [-0.15, -0.1) is 0 Å². The smallest absolute Gasteiger partial charge is 0.312 e. The first-order valence-corrected chi connectivity index (χ1v) is 6.33. The molecular weight excluding hydrogens is 252 g/mol. The average molecular weight is 266 g/mol. The van der Waals surface area contributed by atoms with Crippen LogP contribution in [0.25, 0.3) is 11.0 Å². The van der Waals surface area contributed by atoms with Crippen molar-refractivity contribution in [1.82, 2.24) is 5.32 Å². The molecule has 0 radical (unpaired) electrons. The lowest BCUT2D eigenvalue weighted by Gasteiger charge is -2.17. The fraction of sp³-hybridized carbons (Fsp3) is 0.0625. The summed E-state index contributed by atoms with van der Waals surface area (Å²) in [5, 5.41) is 3.74. The van der Waals surface area contributed by atoms with E-state index >= 15 is 0 Å². The van der Waals surface area contributed by atoms with Gasteiger partial charge in [-0.05, 0) is 11.6 Å². The second-order valence-electron chi connectivity index (χ2n) is 4.54. The van der Waals surface area contributed by atoms with Crippen molar-refractivity contribution < 1.29 is 9.21 Å². The summed E-state index contributed by atoms with van der Waals surface area (Å²) >= 11 is 0. The lowest BCUT2D eigenvalue weighted by molar-refractivity contribution is 0.247. The highest BCUT2D eigenvalue weighted by atomic mass is 16.3. The molecule has 1 unspecified atom stereocenters. The predicted octanol–water partition coefficient (Wildman–Crippen LogP) is 3.19. The van der Waals surface area contributed by atoms with Crippen molar-refractivity contribution in [1.29, 1.82) is 0 Å². The zero-order chi connectivity index (χ0) is 13.9. The number of carbonyl (C=O) groups is 1. The van der Waals surface area contributed by atoms with E-state index in [0.29, 0.717) is 0 Å². The molecule has 1 aromatic heterocycles. The highest BCUT2D eigenvalue weighted by molar-refractivity contribution is 5.83. The molecule has 20 heavy (non-hydrogen) atoms. The van der Waals surface area contributed by atoms with Gasteiger partial charge in [0.2, 0.25) is 0 Å². The second-order valence-corrected chi connectivity index (χ2v) is 4.54.